The van der Waals surface area contributed by atoms with Gasteiger partial charge in [0.05, 0.1) is 17.4 Å². The van der Waals surface area contributed by atoms with Crippen LogP contribution < -0.4 is 0 Å². The van der Waals surface area contributed by atoms with Gasteiger partial charge in [-0.1, -0.05) is 83.0 Å². The molecule has 0 N–H and O–H groups in total. The van der Waals surface area contributed by atoms with E-state index < -0.39 is 0 Å². The van der Waals surface area contributed by atoms with Gasteiger partial charge in [-0.3, -0.25) is 4.90 Å². The second-order valence-electron chi connectivity index (χ2n) is 9.11. The zero-order valence-electron chi connectivity index (χ0n) is 19.5. The van der Waals surface area contributed by atoms with Crippen LogP contribution in [0, 0.1) is 0 Å². The Hall–Kier alpha value is -2.47. The Morgan fingerprint density at radius 3 is 2.11 bits per heavy atom. The fourth-order valence-corrected chi connectivity index (χ4v) is 6.26. The van der Waals surface area contributed by atoms with E-state index in [1.165, 1.54) is 16.7 Å². The predicted octanol–water partition coefficient (Wildman–Crippen LogP) is 8.39. The zero-order chi connectivity index (χ0) is 24.8. The Kier molecular flexibility index (Phi) is 6.49. The molecule has 0 aliphatic carbocycles. The molecule has 3 aliphatic heterocycles. The summed E-state index contributed by atoms with van der Waals surface area (Å²) >= 11 is 20.3. The number of halogens is 3. The first kappa shape index (κ1) is 23.9. The first-order chi connectivity index (χ1) is 17.5. The summed E-state index contributed by atoms with van der Waals surface area (Å²) in [6.45, 7) is 1.65. The Labute approximate surface area is 230 Å². The number of amidine groups is 1. The van der Waals surface area contributed by atoms with Crippen LogP contribution in [0.2, 0.25) is 15.1 Å². The predicted molar refractivity (Wildman–Crippen MR) is 154 cm³/mol. The molecular formula is C29H22Cl3N3S. The highest BCUT2D eigenvalue weighted by molar-refractivity contribution is 8.16. The number of benzene rings is 3. The Morgan fingerprint density at radius 2 is 1.44 bits per heavy atom. The van der Waals surface area contributed by atoms with Gasteiger partial charge in [-0.15, -0.1) is 0 Å². The maximum absolute atomic E-state index is 6.28. The number of likely N-dealkylation sites (N-methyl/N-ethyl adjacent to an activating group) is 1. The fourth-order valence-electron chi connectivity index (χ4n) is 4.96. The summed E-state index contributed by atoms with van der Waals surface area (Å²) in [6, 6.07) is 24.1. The van der Waals surface area contributed by atoms with Gasteiger partial charge in [0.2, 0.25) is 0 Å². The van der Waals surface area contributed by atoms with Crippen LogP contribution >= 0.6 is 46.6 Å². The van der Waals surface area contributed by atoms with Crippen molar-refractivity contribution in [2.45, 2.75) is 6.04 Å². The van der Waals surface area contributed by atoms with Crippen LogP contribution in [0.4, 0.5) is 0 Å². The third kappa shape index (κ3) is 4.53. The van der Waals surface area contributed by atoms with Gasteiger partial charge < -0.3 is 4.90 Å². The van der Waals surface area contributed by atoms with Crippen LogP contribution in [0.25, 0.3) is 11.8 Å². The molecule has 3 aliphatic rings. The molecule has 180 valence electrons. The van der Waals surface area contributed by atoms with Crippen molar-refractivity contribution in [3.05, 3.63) is 127 Å². The summed E-state index contributed by atoms with van der Waals surface area (Å²) in [6.07, 6.45) is 2.23. The Morgan fingerprint density at radius 1 is 0.833 bits per heavy atom. The van der Waals surface area contributed by atoms with Crippen molar-refractivity contribution in [2.75, 3.05) is 20.1 Å². The van der Waals surface area contributed by atoms with Crippen molar-refractivity contribution in [1.82, 2.24) is 9.80 Å². The van der Waals surface area contributed by atoms with E-state index in [1.54, 1.807) is 11.8 Å². The molecule has 1 atom stereocenters. The van der Waals surface area contributed by atoms with E-state index in [0.717, 1.165) is 55.8 Å². The van der Waals surface area contributed by atoms with E-state index in [9.17, 15) is 0 Å². The van der Waals surface area contributed by atoms with Gasteiger partial charge in [-0.25, -0.2) is 4.99 Å². The van der Waals surface area contributed by atoms with Gasteiger partial charge in [0, 0.05) is 33.6 Å². The zero-order valence-corrected chi connectivity index (χ0v) is 22.5. The molecule has 0 aromatic heterocycles. The van der Waals surface area contributed by atoms with Crippen LogP contribution in [0.3, 0.4) is 0 Å². The maximum atomic E-state index is 6.28. The molecule has 3 heterocycles. The van der Waals surface area contributed by atoms with E-state index in [4.69, 9.17) is 39.8 Å². The van der Waals surface area contributed by atoms with Crippen molar-refractivity contribution < 1.29 is 0 Å². The number of thioether (sulfide) groups is 1. The molecule has 36 heavy (non-hydrogen) atoms. The second-order valence-corrected chi connectivity index (χ2v) is 11.3. The third-order valence-electron chi connectivity index (χ3n) is 6.56. The lowest BCUT2D eigenvalue weighted by atomic mass is 9.88. The quantitative estimate of drug-likeness (QED) is 0.326. The summed E-state index contributed by atoms with van der Waals surface area (Å²) in [5.74, 6) is 0. The molecule has 0 amide bonds. The van der Waals surface area contributed by atoms with Crippen molar-refractivity contribution in [3.63, 3.8) is 0 Å². The summed E-state index contributed by atoms with van der Waals surface area (Å²) in [7, 11) is 2.16. The first-order valence-electron chi connectivity index (χ1n) is 11.6. The van der Waals surface area contributed by atoms with Gasteiger partial charge in [-0.05, 0) is 77.4 Å². The number of fused-ring (bicyclic) bond motifs is 1. The molecule has 6 rings (SSSR count). The average Bonchev–Trinajstić information content (AvgIpc) is 3.29. The largest absolute Gasteiger partial charge is 0.308 e. The number of hydrogen-bond donors (Lipinski definition) is 0. The molecule has 0 fully saturated rings. The highest BCUT2D eigenvalue weighted by Gasteiger charge is 2.41. The molecule has 0 spiro atoms. The van der Waals surface area contributed by atoms with Crippen LogP contribution in [0.5, 0.6) is 0 Å². The van der Waals surface area contributed by atoms with Crippen LogP contribution in [-0.4, -0.2) is 35.1 Å². The molecule has 0 bridgehead atoms. The summed E-state index contributed by atoms with van der Waals surface area (Å²) in [5, 5.41) is 5.35. The molecular weight excluding hydrogens is 529 g/mol. The normalized spacial score (nSPS) is 20.8. The summed E-state index contributed by atoms with van der Waals surface area (Å²) in [4.78, 5) is 9.94. The molecule has 0 saturated carbocycles. The average molecular weight is 551 g/mol. The van der Waals surface area contributed by atoms with Gasteiger partial charge in [-0.2, -0.15) is 0 Å². The fraction of sp³-hybridized carbons (Fsp3) is 0.138. The minimum atomic E-state index is -0.00179. The van der Waals surface area contributed by atoms with E-state index >= 15 is 0 Å². The number of aliphatic imine (C=N–C) groups is 1. The second kappa shape index (κ2) is 9.77. The van der Waals surface area contributed by atoms with Gasteiger partial charge >= 0.3 is 0 Å². The van der Waals surface area contributed by atoms with Crippen LogP contribution in [0.15, 0.2) is 100 Å². The van der Waals surface area contributed by atoms with Crippen molar-refractivity contribution in [2.24, 2.45) is 4.99 Å². The van der Waals surface area contributed by atoms with Crippen LogP contribution in [-0.2, 0) is 0 Å². The minimum absolute atomic E-state index is 0.00179. The summed E-state index contributed by atoms with van der Waals surface area (Å²) in [5.41, 5.74) is 8.08. The third-order valence-corrected chi connectivity index (χ3v) is 8.16. The number of nitrogens with zero attached hydrogens (tertiary/aromatic N) is 3. The monoisotopic (exact) mass is 549 g/mol. The van der Waals surface area contributed by atoms with E-state index in [1.807, 2.05) is 48.5 Å². The summed E-state index contributed by atoms with van der Waals surface area (Å²) < 4.78 is 0. The lowest BCUT2D eigenvalue weighted by Crippen LogP contribution is -2.40. The SMILES string of the molecule is CN1CC2=C(N=C3SC=C(c4ccc(Cl)cc4)N3C2c2ccc(Cl)cc2)/C(=C/c2ccc(Cl)cc2)C1. The standard InChI is InChI=1S/C29H22Cl3N3S/c1-34-15-21(14-18-2-8-22(30)9-3-18)27-25(16-34)28(20-6-12-24(32)13-7-20)35-26(17-36-29(35)33-27)19-4-10-23(31)11-5-19/h2-14,17,28H,15-16H2,1H3/b21-14+. The smallest absolute Gasteiger partial charge is 0.174 e. The van der Waals surface area contributed by atoms with Gasteiger partial charge in [0.25, 0.3) is 0 Å². The number of hydrogen-bond acceptors (Lipinski definition) is 4. The Balaban J connectivity index is 1.50. The van der Waals surface area contributed by atoms with E-state index in [-0.39, 0.29) is 6.04 Å². The highest BCUT2D eigenvalue weighted by Crippen LogP contribution is 2.49. The Bertz CT molecular complexity index is 1440. The number of rotatable bonds is 3. The lowest BCUT2D eigenvalue weighted by Gasteiger charge is -2.42. The van der Waals surface area contributed by atoms with Crippen molar-refractivity contribution >= 4 is 63.5 Å². The van der Waals surface area contributed by atoms with Gasteiger partial charge in [0.15, 0.2) is 5.17 Å². The van der Waals surface area contributed by atoms with Crippen molar-refractivity contribution in [3.8, 4) is 0 Å². The molecule has 7 heteroatoms. The van der Waals surface area contributed by atoms with E-state index in [0.29, 0.717) is 0 Å². The van der Waals surface area contributed by atoms with Crippen molar-refractivity contribution in [1.29, 1.82) is 0 Å². The minimum Gasteiger partial charge on any atom is -0.308 e. The molecule has 0 radical (unpaired) electrons. The topological polar surface area (TPSA) is 18.8 Å². The van der Waals surface area contributed by atoms with Crippen LogP contribution in [0.1, 0.15) is 22.7 Å². The lowest BCUT2D eigenvalue weighted by molar-refractivity contribution is 0.344. The van der Waals surface area contributed by atoms with E-state index in [2.05, 4.69) is 52.6 Å². The molecule has 1 unspecified atom stereocenters. The molecule has 3 aromatic rings. The first-order valence-corrected chi connectivity index (χ1v) is 13.6. The molecule has 0 saturated heterocycles. The molecule has 3 nitrogen and oxygen atoms in total. The maximum Gasteiger partial charge on any atom is 0.174 e. The van der Waals surface area contributed by atoms with Gasteiger partial charge in [0.1, 0.15) is 0 Å². The molecule has 3 aromatic carbocycles. The highest BCUT2D eigenvalue weighted by atomic mass is 35.5.